The number of Topliss-reactive ketones (excluding diaryl/α,β-unsaturated/α-hetero) is 1. The Balaban J connectivity index is 1.53. The lowest BCUT2D eigenvalue weighted by molar-refractivity contribution is -0.123. The van der Waals surface area contributed by atoms with Crippen molar-refractivity contribution in [2.45, 2.75) is 38.6 Å². The molecule has 0 aliphatic carbocycles. The molecule has 1 heterocycles. The van der Waals surface area contributed by atoms with Gasteiger partial charge in [0.1, 0.15) is 17.3 Å². The Kier molecular flexibility index (Phi) is 8.47. The molecule has 1 unspecified atom stereocenters. The van der Waals surface area contributed by atoms with E-state index in [1.54, 1.807) is 14.0 Å². The highest BCUT2D eigenvalue weighted by Gasteiger charge is 2.26. The summed E-state index contributed by atoms with van der Waals surface area (Å²) in [5.74, 6) is 1.51. The number of hydrogen-bond donors (Lipinski definition) is 1. The van der Waals surface area contributed by atoms with Crippen molar-refractivity contribution in [3.05, 3.63) is 59.7 Å². The molecule has 2 aromatic carbocycles. The van der Waals surface area contributed by atoms with Gasteiger partial charge in [0.15, 0.2) is 6.61 Å². The molecule has 0 radical (unpaired) electrons. The van der Waals surface area contributed by atoms with Gasteiger partial charge in [0.2, 0.25) is 0 Å². The molecular weight excluding hydrogens is 392 g/mol. The molecule has 0 saturated carbocycles. The minimum Gasteiger partial charge on any atom is -0.496 e. The lowest BCUT2D eigenvalue weighted by Gasteiger charge is -2.29. The summed E-state index contributed by atoms with van der Waals surface area (Å²) >= 11 is 0. The van der Waals surface area contributed by atoms with Gasteiger partial charge >= 0.3 is 0 Å². The topological polar surface area (TPSA) is 67.9 Å². The van der Waals surface area contributed by atoms with Crippen molar-refractivity contribution in [1.82, 2.24) is 10.2 Å². The zero-order valence-corrected chi connectivity index (χ0v) is 18.4. The van der Waals surface area contributed by atoms with E-state index >= 15 is 0 Å². The summed E-state index contributed by atoms with van der Waals surface area (Å²) in [4.78, 5) is 25.9. The third-order valence-corrected chi connectivity index (χ3v) is 5.63. The molecule has 0 bridgehead atoms. The van der Waals surface area contributed by atoms with Crippen LogP contribution >= 0.6 is 0 Å². The first kappa shape index (κ1) is 22.8. The van der Waals surface area contributed by atoms with E-state index in [-0.39, 0.29) is 24.3 Å². The van der Waals surface area contributed by atoms with E-state index in [9.17, 15) is 9.59 Å². The van der Waals surface area contributed by atoms with E-state index in [2.05, 4.69) is 16.3 Å². The summed E-state index contributed by atoms with van der Waals surface area (Å²) in [6, 6.07) is 15.6. The Morgan fingerprint density at radius 3 is 2.45 bits per heavy atom. The van der Waals surface area contributed by atoms with Crippen molar-refractivity contribution >= 4 is 11.7 Å². The predicted molar refractivity (Wildman–Crippen MR) is 120 cm³/mol. The number of amides is 1. The van der Waals surface area contributed by atoms with Crippen LogP contribution in [0.25, 0.3) is 0 Å². The Bertz CT molecular complexity index is 860. The Morgan fingerprint density at radius 1 is 1.06 bits per heavy atom. The van der Waals surface area contributed by atoms with Crippen LogP contribution in [0.15, 0.2) is 48.5 Å². The van der Waals surface area contributed by atoms with Crippen molar-refractivity contribution in [1.29, 1.82) is 0 Å². The minimum absolute atomic E-state index is 0.0363. The molecule has 0 spiro atoms. The monoisotopic (exact) mass is 424 g/mol. The fourth-order valence-electron chi connectivity index (χ4n) is 3.91. The van der Waals surface area contributed by atoms with E-state index in [0.29, 0.717) is 18.7 Å². The fourth-order valence-corrected chi connectivity index (χ4v) is 3.91. The van der Waals surface area contributed by atoms with Gasteiger partial charge in [0.25, 0.3) is 5.91 Å². The van der Waals surface area contributed by atoms with Gasteiger partial charge in [-0.15, -0.1) is 0 Å². The first-order valence-corrected chi connectivity index (χ1v) is 10.9. The molecule has 1 amide bonds. The SMILES string of the molecule is COc1ccccc1C(CNC(=O)COc1ccc(CCC(C)=O)cc1)N1CCCC1. The van der Waals surface area contributed by atoms with Gasteiger partial charge < -0.3 is 19.6 Å². The number of ether oxygens (including phenoxy) is 2. The lowest BCUT2D eigenvalue weighted by Crippen LogP contribution is -2.38. The number of methoxy groups -OCH3 is 1. The van der Waals surface area contributed by atoms with Crippen LogP contribution in [0.1, 0.15) is 43.4 Å². The molecule has 3 rings (SSSR count). The van der Waals surface area contributed by atoms with Crippen LogP contribution < -0.4 is 14.8 Å². The molecule has 1 fully saturated rings. The van der Waals surface area contributed by atoms with Crippen LogP contribution in [0.5, 0.6) is 11.5 Å². The first-order valence-electron chi connectivity index (χ1n) is 10.9. The average molecular weight is 425 g/mol. The number of carbonyl (C=O) groups is 2. The van der Waals surface area contributed by atoms with E-state index in [1.165, 1.54) is 12.8 Å². The highest BCUT2D eigenvalue weighted by atomic mass is 16.5. The molecule has 6 nitrogen and oxygen atoms in total. The number of likely N-dealkylation sites (tertiary alicyclic amines) is 1. The van der Waals surface area contributed by atoms with E-state index in [1.807, 2.05) is 42.5 Å². The summed E-state index contributed by atoms with van der Waals surface area (Å²) in [6.45, 7) is 4.10. The van der Waals surface area contributed by atoms with Crippen LogP contribution in [-0.2, 0) is 16.0 Å². The largest absolute Gasteiger partial charge is 0.496 e. The summed E-state index contributed by atoms with van der Waals surface area (Å²) in [7, 11) is 1.68. The quantitative estimate of drug-likeness (QED) is 0.598. The summed E-state index contributed by atoms with van der Waals surface area (Å²) < 4.78 is 11.2. The number of para-hydroxylation sites is 1. The third-order valence-electron chi connectivity index (χ3n) is 5.63. The smallest absolute Gasteiger partial charge is 0.258 e. The van der Waals surface area contributed by atoms with Gasteiger partial charge in [-0.25, -0.2) is 0 Å². The van der Waals surface area contributed by atoms with Crippen molar-refractivity contribution in [2.75, 3.05) is 33.4 Å². The van der Waals surface area contributed by atoms with Crippen molar-refractivity contribution in [3.8, 4) is 11.5 Å². The number of hydrogen-bond acceptors (Lipinski definition) is 5. The maximum absolute atomic E-state index is 12.4. The molecule has 2 aromatic rings. The van der Waals surface area contributed by atoms with Gasteiger partial charge in [0, 0.05) is 18.5 Å². The number of nitrogens with one attached hydrogen (secondary N) is 1. The maximum atomic E-state index is 12.4. The van der Waals surface area contributed by atoms with Crippen molar-refractivity contribution in [3.63, 3.8) is 0 Å². The van der Waals surface area contributed by atoms with Crippen LogP contribution in [0.3, 0.4) is 0 Å². The summed E-state index contributed by atoms with van der Waals surface area (Å²) in [5.41, 5.74) is 2.17. The molecule has 1 atom stereocenters. The zero-order valence-electron chi connectivity index (χ0n) is 18.4. The van der Waals surface area contributed by atoms with E-state index in [4.69, 9.17) is 9.47 Å². The molecule has 1 saturated heterocycles. The number of carbonyl (C=O) groups excluding carboxylic acids is 2. The number of rotatable bonds is 11. The number of ketones is 1. The van der Waals surface area contributed by atoms with Gasteiger partial charge in [-0.2, -0.15) is 0 Å². The van der Waals surface area contributed by atoms with Crippen LogP contribution in [0.4, 0.5) is 0 Å². The lowest BCUT2D eigenvalue weighted by atomic mass is 10.0. The Morgan fingerprint density at radius 2 is 1.77 bits per heavy atom. The van der Waals surface area contributed by atoms with Gasteiger partial charge in [-0.1, -0.05) is 30.3 Å². The first-order chi connectivity index (χ1) is 15.1. The second-order valence-corrected chi connectivity index (χ2v) is 7.94. The standard InChI is InChI=1S/C25H32N2O4/c1-19(28)9-10-20-11-13-21(14-12-20)31-18-25(29)26-17-23(27-15-5-6-16-27)22-7-3-4-8-24(22)30-2/h3-4,7-8,11-14,23H,5-6,9-10,15-18H2,1-2H3,(H,26,29). The molecule has 6 heteroatoms. The number of nitrogens with zero attached hydrogens (tertiary/aromatic N) is 1. The van der Waals surface area contributed by atoms with Gasteiger partial charge in [-0.05, 0) is 63.0 Å². The molecule has 1 aliphatic rings. The zero-order chi connectivity index (χ0) is 22.1. The minimum atomic E-state index is -0.153. The molecule has 31 heavy (non-hydrogen) atoms. The summed E-state index contributed by atoms with van der Waals surface area (Å²) in [5, 5.41) is 3.03. The summed E-state index contributed by atoms with van der Waals surface area (Å²) in [6.07, 6.45) is 3.60. The third kappa shape index (κ3) is 6.82. The molecule has 0 aromatic heterocycles. The second-order valence-electron chi connectivity index (χ2n) is 7.94. The number of benzene rings is 2. The Hall–Kier alpha value is -2.86. The molecule has 1 N–H and O–H groups in total. The average Bonchev–Trinajstić information content (AvgIpc) is 3.32. The van der Waals surface area contributed by atoms with Crippen molar-refractivity contribution < 1.29 is 19.1 Å². The highest BCUT2D eigenvalue weighted by molar-refractivity contribution is 5.77. The van der Waals surface area contributed by atoms with E-state index in [0.717, 1.165) is 36.4 Å². The maximum Gasteiger partial charge on any atom is 0.258 e. The van der Waals surface area contributed by atoms with Crippen LogP contribution in [0.2, 0.25) is 0 Å². The molecular formula is C25H32N2O4. The Labute approximate surface area is 184 Å². The highest BCUT2D eigenvalue weighted by Crippen LogP contribution is 2.31. The molecule has 1 aliphatic heterocycles. The van der Waals surface area contributed by atoms with Crippen LogP contribution in [-0.4, -0.2) is 49.9 Å². The van der Waals surface area contributed by atoms with Gasteiger partial charge in [0.05, 0.1) is 13.2 Å². The number of aryl methyl sites for hydroxylation is 1. The molecule has 166 valence electrons. The fraction of sp³-hybridized carbons (Fsp3) is 0.440. The van der Waals surface area contributed by atoms with Crippen molar-refractivity contribution in [2.24, 2.45) is 0 Å². The van der Waals surface area contributed by atoms with Crippen LogP contribution in [0, 0.1) is 0 Å². The predicted octanol–water partition coefficient (Wildman–Crippen LogP) is 3.55. The van der Waals surface area contributed by atoms with Gasteiger partial charge in [-0.3, -0.25) is 9.69 Å². The second kappa shape index (κ2) is 11.5. The normalized spacial score (nSPS) is 14.8. The van der Waals surface area contributed by atoms with E-state index < -0.39 is 0 Å².